The number of unbranched alkanes of at least 4 members (excludes halogenated alkanes) is 1. The van der Waals surface area contributed by atoms with E-state index in [0.717, 1.165) is 0 Å². The van der Waals surface area contributed by atoms with E-state index in [1.165, 1.54) is 32.0 Å². The van der Waals surface area contributed by atoms with Crippen molar-refractivity contribution < 1.29 is 0 Å². The van der Waals surface area contributed by atoms with Gasteiger partial charge in [-0.25, -0.2) is 0 Å². The van der Waals surface area contributed by atoms with E-state index in [-0.39, 0.29) is 5.21 Å². The summed E-state index contributed by atoms with van der Waals surface area (Å²) in [7, 11) is 8.93. The van der Waals surface area contributed by atoms with Gasteiger partial charge in [0, 0.05) is 0 Å². The van der Waals surface area contributed by atoms with Crippen molar-refractivity contribution >= 4 is 15.1 Å². The molecule has 0 amide bonds. The van der Waals surface area contributed by atoms with Crippen molar-refractivity contribution in [1.82, 2.24) is 0 Å². The minimum absolute atomic E-state index is 0.0256. The van der Waals surface area contributed by atoms with Crippen LogP contribution in [0.15, 0.2) is 0 Å². The summed E-state index contributed by atoms with van der Waals surface area (Å²) in [5, 5.41) is -0.0256. The van der Waals surface area contributed by atoms with Gasteiger partial charge >= 0.3 is 0 Å². The Kier molecular flexibility index (Phi) is 3.77. The van der Waals surface area contributed by atoms with Gasteiger partial charge in [0.1, 0.15) is 7.28 Å². The standard InChI is InChI=1S/C12H23B2/c1-5-6-7-11(4)8-9-14-12(11,13)10(2)3/h10H,5-9H2,1-4H3. The minimum atomic E-state index is -0.0256. The summed E-state index contributed by atoms with van der Waals surface area (Å²) in [6.07, 6.45) is 6.37. The third-order valence-corrected chi connectivity index (χ3v) is 4.26. The Morgan fingerprint density at radius 3 is 2.57 bits per heavy atom. The second-order valence-electron chi connectivity index (χ2n) is 5.49. The lowest BCUT2D eigenvalue weighted by Crippen LogP contribution is -2.37. The predicted molar refractivity (Wildman–Crippen MR) is 66.1 cm³/mol. The van der Waals surface area contributed by atoms with Crippen molar-refractivity contribution in [3.8, 4) is 0 Å². The Bertz CT molecular complexity index is 191. The maximum Gasteiger partial charge on any atom is 0.107 e. The van der Waals surface area contributed by atoms with E-state index < -0.39 is 0 Å². The second kappa shape index (κ2) is 4.33. The van der Waals surface area contributed by atoms with Gasteiger partial charge in [-0.1, -0.05) is 64.4 Å². The van der Waals surface area contributed by atoms with Gasteiger partial charge in [0.2, 0.25) is 0 Å². The van der Waals surface area contributed by atoms with E-state index in [2.05, 4.69) is 35.0 Å². The number of hydrogen-bond donors (Lipinski definition) is 0. The molecule has 3 radical (unpaired) electrons. The molecule has 1 saturated heterocycles. The molecule has 0 aromatic carbocycles. The van der Waals surface area contributed by atoms with Gasteiger partial charge in [-0.15, -0.1) is 0 Å². The van der Waals surface area contributed by atoms with Crippen LogP contribution < -0.4 is 0 Å². The van der Waals surface area contributed by atoms with Crippen LogP contribution in [0.1, 0.15) is 53.4 Å². The van der Waals surface area contributed by atoms with Crippen LogP contribution in [0.25, 0.3) is 0 Å². The zero-order chi connectivity index (χ0) is 10.8. The summed E-state index contributed by atoms with van der Waals surface area (Å²) in [6, 6.07) is 0. The third kappa shape index (κ3) is 1.90. The van der Waals surface area contributed by atoms with E-state index in [9.17, 15) is 0 Å². The van der Waals surface area contributed by atoms with E-state index in [0.29, 0.717) is 11.3 Å². The summed E-state index contributed by atoms with van der Waals surface area (Å²) < 4.78 is 0. The molecule has 2 atom stereocenters. The first-order valence-electron chi connectivity index (χ1n) is 6.09. The van der Waals surface area contributed by atoms with Crippen LogP contribution in [0.4, 0.5) is 0 Å². The normalized spacial score (nSPS) is 37.5. The molecule has 1 aliphatic rings. The Hall–Kier alpha value is 0.130. The molecule has 0 aromatic rings. The summed E-state index contributed by atoms with van der Waals surface area (Å²) >= 11 is 0. The quantitative estimate of drug-likeness (QED) is 0.592. The molecule has 14 heavy (non-hydrogen) atoms. The molecule has 2 heteroatoms. The highest BCUT2D eigenvalue weighted by Crippen LogP contribution is 2.58. The fourth-order valence-corrected chi connectivity index (χ4v) is 2.93. The highest BCUT2D eigenvalue weighted by atomic mass is 14.4. The molecule has 0 aliphatic carbocycles. The van der Waals surface area contributed by atoms with Gasteiger partial charge in [0.25, 0.3) is 0 Å². The maximum absolute atomic E-state index is 6.57. The molecule has 1 aliphatic heterocycles. The number of rotatable bonds is 4. The summed E-state index contributed by atoms with van der Waals surface area (Å²) in [6.45, 7) is 9.15. The molecule has 0 saturated carbocycles. The smallest absolute Gasteiger partial charge is 0.0837 e. The molecule has 1 heterocycles. The van der Waals surface area contributed by atoms with Crippen LogP contribution in [0, 0.1) is 11.3 Å². The van der Waals surface area contributed by atoms with E-state index >= 15 is 0 Å². The second-order valence-corrected chi connectivity index (χ2v) is 5.49. The van der Waals surface area contributed by atoms with Crippen LogP contribution in [0.5, 0.6) is 0 Å². The fraction of sp³-hybridized carbons (Fsp3) is 1.00. The first-order valence-corrected chi connectivity index (χ1v) is 6.09. The Morgan fingerprint density at radius 2 is 2.07 bits per heavy atom. The van der Waals surface area contributed by atoms with Crippen molar-refractivity contribution in [2.24, 2.45) is 11.3 Å². The molecule has 1 fully saturated rings. The van der Waals surface area contributed by atoms with Crippen molar-refractivity contribution in [2.45, 2.75) is 64.9 Å². The van der Waals surface area contributed by atoms with E-state index in [4.69, 9.17) is 7.85 Å². The molecule has 0 spiro atoms. The molecule has 0 bridgehead atoms. The van der Waals surface area contributed by atoms with E-state index in [1.54, 1.807) is 0 Å². The summed E-state index contributed by atoms with van der Waals surface area (Å²) in [5.41, 5.74) is 0.344. The molecular formula is C12H23B2. The highest BCUT2D eigenvalue weighted by Gasteiger charge is 2.48. The SMILES string of the molecule is [B]C1(C(C)C)[B]CCC1(C)CCCC. The highest BCUT2D eigenvalue weighted by molar-refractivity contribution is 6.55. The van der Waals surface area contributed by atoms with Crippen LogP contribution in [-0.2, 0) is 0 Å². The molecule has 1 rings (SSSR count). The van der Waals surface area contributed by atoms with Gasteiger partial charge in [-0.3, -0.25) is 0 Å². The van der Waals surface area contributed by atoms with Crippen molar-refractivity contribution in [3.05, 3.63) is 0 Å². The minimum Gasteiger partial charge on any atom is -0.0837 e. The average molecular weight is 189 g/mol. The van der Waals surface area contributed by atoms with Crippen LogP contribution >= 0.6 is 0 Å². The lowest BCUT2D eigenvalue weighted by Gasteiger charge is -2.46. The average Bonchev–Trinajstić information content (AvgIpc) is 2.42. The zero-order valence-electron chi connectivity index (χ0n) is 10.3. The van der Waals surface area contributed by atoms with Gasteiger partial charge in [-0.05, 0) is 11.8 Å². The molecule has 2 unspecified atom stereocenters. The van der Waals surface area contributed by atoms with Crippen molar-refractivity contribution in [2.75, 3.05) is 0 Å². The van der Waals surface area contributed by atoms with Gasteiger partial charge in [0.05, 0.1) is 7.85 Å². The maximum atomic E-state index is 6.57. The first kappa shape index (κ1) is 12.2. The number of hydrogen-bond acceptors (Lipinski definition) is 0. The molecule has 0 nitrogen and oxygen atoms in total. The van der Waals surface area contributed by atoms with Crippen LogP contribution in [-0.4, -0.2) is 15.1 Å². The van der Waals surface area contributed by atoms with Crippen molar-refractivity contribution in [1.29, 1.82) is 0 Å². The lowest BCUT2D eigenvalue weighted by atomic mass is 9.34. The molecule has 0 N–H and O–H groups in total. The molecule has 0 aromatic heterocycles. The Balaban J connectivity index is 2.74. The monoisotopic (exact) mass is 189 g/mol. The van der Waals surface area contributed by atoms with Gasteiger partial charge < -0.3 is 0 Å². The first-order chi connectivity index (χ1) is 6.46. The fourth-order valence-electron chi connectivity index (χ4n) is 2.93. The summed E-state index contributed by atoms with van der Waals surface area (Å²) in [4.78, 5) is 0. The van der Waals surface area contributed by atoms with Gasteiger partial charge in [-0.2, -0.15) is 0 Å². The van der Waals surface area contributed by atoms with Crippen LogP contribution in [0.3, 0.4) is 0 Å². The molecular weight excluding hydrogens is 166 g/mol. The third-order valence-electron chi connectivity index (χ3n) is 4.26. The zero-order valence-corrected chi connectivity index (χ0v) is 10.3. The largest absolute Gasteiger partial charge is 0.107 e. The Morgan fingerprint density at radius 1 is 1.43 bits per heavy atom. The summed E-state index contributed by atoms with van der Waals surface area (Å²) in [5.74, 6) is 0.562. The Labute approximate surface area is 91.9 Å². The topological polar surface area (TPSA) is 0 Å². The van der Waals surface area contributed by atoms with Crippen molar-refractivity contribution in [3.63, 3.8) is 0 Å². The predicted octanol–water partition coefficient (Wildman–Crippen LogP) is 3.65. The van der Waals surface area contributed by atoms with Crippen LogP contribution in [0.2, 0.25) is 11.5 Å². The molecule has 77 valence electrons. The van der Waals surface area contributed by atoms with Gasteiger partial charge in [0.15, 0.2) is 0 Å². The lowest BCUT2D eigenvalue weighted by molar-refractivity contribution is 0.210. The van der Waals surface area contributed by atoms with E-state index in [1.807, 2.05) is 0 Å².